The van der Waals surface area contributed by atoms with Gasteiger partial charge in [-0.05, 0) is 12.5 Å². The van der Waals surface area contributed by atoms with Crippen LogP contribution >= 0.6 is 11.3 Å². The molecule has 2 N–H and O–H groups in total. The second kappa shape index (κ2) is 3.51. The Kier molecular flexibility index (Phi) is 2.35. The van der Waals surface area contributed by atoms with E-state index in [1.807, 2.05) is 25.5 Å². The summed E-state index contributed by atoms with van der Waals surface area (Å²) in [7, 11) is 1.90. The molecule has 4 nitrogen and oxygen atoms in total. The van der Waals surface area contributed by atoms with Crippen molar-refractivity contribution in [2.24, 2.45) is 12.8 Å². The average molecular weight is 208 g/mol. The molecular formula is C9H12N4S. The van der Waals surface area contributed by atoms with Crippen LogP contribution in [0.25, 0.3) is 0 Å². The Morgan fingerprint density at radius 1 is 1.57 bits per heavy atom. The van der Waals surface area contributed by atoms with Crippen molar-refractivity contribution >= 4 is 11.3 Å². The van der Waals surface area contributed by atoms with Gasteiger partial charge >= 0.3 is 0 Å². The lowest BCUT2D eigenvalue weighted by Gasteiger charge is -2.10. The topological polar surface area (TPSA) is 56.7 Å². The van der Waals surface area contributed by atoms with Gasteiger partial charge in [0, 0.05) is 12.4 Å². The summed E-state index contributed by atoms with van der Waals surface area (Å²) in [5.41, 5.74) is 10.9. The lowest BCUT2D eigenvalue weighted by molar-refractivity contribution is 0.663. The van der Waals surface area contributed by atoms with E-state index in [9.17, 15) is 0 Å². The van der Waals surface area contributed by atoms with Gasteiger partial charge in [-0.3, -0.25) is 4.68 Å². The van der Waals surface area contributed by atoms with Crippen LogP contribution in [0.1, 0.15) is 23.0 Å². The minimum Gasteiger partial charge on any atom is -0.318 e. The average Bonchev–Trinajstić information content (AvgIpc) is 2.75. The van der Waals surface area contributed by atoms with Gasteiger partial charge in [-0.15, -0.1) is 11.3 Å². The molecule has 0 aliphatic heterocycles. The Labute approximate surface area is 86.4 Å². The van der Waals surface area contributed by atoms with Crippen molar-refractivity contribution in [3.63, 3.8) is 0 Å². The molecule has 0 spiro atoms. The van der Waals surface area contributed by atoms with Gasteiger partial charge in [0.05, 0.1) is 29.1 Å². The van der Waals surface area contributed by atoms with Gasteiger partial charge in [0.2, 0.25) is 0 Å². The van der Waals surface area contributed by atoms with Crippen LogP contribution in [0.5, 0.6) is 0 Å². The fraction of sp³-hybridized carbons (Fsp3) is 0.333. The Morgan fingerprint density at radius 2 is 2.36 bits per heavy atom. The quantitative estimate of drug-likeness (QED) is 0.807. The summed E-state index contributed by atoms with van der Waals surface area (Å²) < 4.78 is 1.80. The molecule has 2 aromatic heterocycles. The van der Waals surface area contributed by atoms with E-state index in [1.54, 1.807) is 21.5 Å². The highest BCUT2D eigenvalue weighted by Gasteiger charge is 2.16. The minimum absolute atomic E-state index is 0.172. The van der Waals surface area contributed by atoms with Crippen LogP contribution in [-0.2, 0) is 7.05 Å². The molecule has 0 saturated heterocycles. The highest BCUT2D eigenvalue weighted by molar-refractivity contribution is 7.07. The van der Waals surface area contributed by atoms with Gasteiger partial charge in [0.25, 0.3) is 0 Å². The Hall–Kier alpha value is -1.20. The molecule has 2 aromatic rings. The maximum Gasteiger partial charge on any atom is 0.0908 e. The van der Waals surface area contributed by atoms with E-state index in [-0.39, 0.29) is 6.04 Å². The van der Waals surface area contributed by atoms with E-state index in [4.69, 9.17) is 5.73 Å². The van der Waals surface area contributed by atoms with E-state index in [0.717, 1.165) is 17.0 Å². The molecule has 0 radical (unpaired) electrons. The Balaban J connectivity index is 2.41. The van der Waals surface area contributed by atoms with Gasteiger partial charge in [-0.25, -0.2) is 4.98 Å². The standard InChI is InChI=1S/C9H12N4S/c1-6-3-12-13(2)9(6)8(10)7-4-14-5-11-7/h3-5,8H,10H2,1-2H3. The number of hydrogen-bond acceptors (Lipinski definition) is 4. The zero-order valence-corrected chi connectivity index (χ0v) is 8.95. The molecule has 0 fully saturated rings. The van der Waals surface area contributed by atoms with Crippen molar-refractivity contribution in [1.29, 1.82) is 0 Å². The van der Waals surface area contributed by atoms with Crippen molar-refractivity contribution < 1.29 is 0 Å². The summed E-state index contributed by atoms with van der Waals surface area (Å²) in [6, 6.07) is -0.172. The number of nitrogens with two attached hydrogens (primary N) is 1. The summed E-state index contributed by atoms with van der Waals surface area (Å²) in [5, 5.41) is 6.13. The van der Waals surface area contributed by atoms with Crippen LogP contribution in [0.3, 0.4) is 0 Å². The first kappa shape index (κ1) is 9.36. The fourth-order valence-corrected chi connectivity index (χ4v) is 2.11. The van der Waals surface area contributed by atoms with Crippen LogP contribution < -0.4 is 5.73 Å². The monoisotopic (exact) mass is 208 g/mol. The maximum absolute atomic E-state index is 6.09. The van der Waals surface area contributed by atoms with E-state index < -0.39 is 0 Å². The van der Waals surface area contributed by atoms with E-state index in [1.165, 1.54) is 0 Å². The minimum atomic E-state index is -0.172. The van der Waals surface area contributed by atoms with Crippen molar-refractivity contribution in [3.05, 3.63) is 34.0 Å². The normalized spacial score (nSPS) is 13.1. The van der Waals surface area contributed by atoms with Gasteiger partial charge in [-0.2, -0.15) is 5.10 Å². The number of rotatable bonds is 2. The predicted octanol–water partition coefficient (Wildman–Crippen LogP) is 1.23. The van der Waals surface area contributed by atoms with Gasteiger partial charge in [0.1, 0.15) is 0 Å². The Bertz CT molecular complexity index is 398. The lowest BCUT2D eigenvalue weighted by Crippen LogP contribution is -2.17. The molecule has 14 heavy (non-hydrogen) atoms. The van der Waals surface area contributed by atoms with Gasteiger partial charge in [0.15, 0.2) is 0 Å². The molecule has 0 aliphatic rings. The molecule has 0 amide bonds. The molecule has 5 heteroatoms. The van der Waals surface area contributed by atoms with Crippen molar-refractivity contribution in [2.75, 3.05) is 0 Å². The molecule has 0 saturated carbocycles. The zero-order valence-electron chi connectivity index (χ0n) is 8.14. The summed E-state index contributed by atoms with van der Waals surface area (Å²) in [6.07, 6.45) is 1.82. The largest absolute Gasteiger partial charge is 0.318 e. The SMILES string of the molecule is Cc1cnn(C)c1C(N)c1cscn1. The summed E-state index contributed by atoms with van der Waals surface area (Å²) >= 11 is 1.56. The van der Waals surface area contributed by atoms with Gasteiger partial charge in [-0.1, -0.05) is 0 Å². The maximum atomic E-state index is 6.09. The van der Waals surface area contributed by atoms with Crippen LogP contribution in [-0.4, -0.2) is 14.8 Å². The molecule has 0 bridgehead atoms. The highest BCUT2D eigenvalue weighted by atomic mass is 32.1. The third-order valence-electron chi connectivity index (χ3n) is 2.24. The van der Waals surface area contributed by atoms with E-state index in [2.05, 4.69) is 10.1 Å². The first-order valence-corrected chi connectivity index (χ1v) is 5.26. The third-order valence-corrected chi connectivity index (χ3v) is 2.85. The number of aryl methyl sites for hydroxylation is 2. The second-order valence-electron chi connectivity index (χ2n) is 3.23. The van der Waals surface area contributed by atoms with E-state index >= 15 is 0 Å². The van der Waals surface area contributed by atoms with Crippen molar-refractivity contribution in [3.8, 4) is 0 Å². The summed E-state index contributed by atoms with van der Waals surface area (Å²) in [5.74, 6) is 0. The number of thiazole rings is 1. The fourth-order valence-electron chi connectivity index (χ4n) is 1.52. The zero-order chi connectivity index (χ0) is 10.1. The second-order valence-corrected chi connectivity index (χ2v) is 3.95. The first-order chi connectivity index (χ1) is 6.70. The number of aromatic nitrogens is 3. The van der Waals surface area contributed by atoms with Crippen LogP contribution in [0.2, 0.25) is 0 Å². The molecule has 2 rings (SSSR count). The summed E-state index contributed by atoms with van der Waals surface area (Å²) in [6.45, 7) is 2.01. The predicted molar refractivity (Wildman–Crippen MR) is 56.1 cm³/mol. The molecule has 1 atom stereocenters. The molecular weight excluding hydrogens is 196 g/mol. The summed E-state index contributed by atoms with van der Waals surface area (Å²) in [4.78, 5) is 4.21. The highest BCUT2D eigenvalue weighted by Crippen LogP contribution is 2.21. The first-order valence-electron chi connectivity index (χ1n) is 4.32. The smallest absolute Gasteiger partial charge is 0.0908 e. The van der Waals surface area contributed by atoms with Gasteiger partial charge < -0.3 is 5.73 Å². The van der Waals surface area contributed by atoms with E-state index in [0.29, 0.717) is 0 Å². The number of hydrogen-bond donors (Lipinski definition) is 1. The van der Waals surface area contributed by atoms with Crippen LogP contribution in [0, 0.1) is 6.92 Å². The van der Waals surface area contributed by atoms with Crippen molar-refractivity contribution in [2.45, 2.75) is 13.0 Å². The van der Waals surface area contributed by atoms with Crippen LogP contribution in [0.15, 0.2) is 17.1 Å². The molecule has 2 heterocycles. The molecule has 0 aromatic carbocycles. The van der Waals surface area contributed by atoms with Crippen LogP contribution in [0.4, 0.5) is 0 Å². The molecule has 74 valence electrons. The number of nitrogens with zero attached hydrogens (tertiary/aromatic N) is 3. The molecule has 0 aliphatic carbocycles. The molecule has 1 unspecified atom stereocenters. The van der Waals surface area contributed by atoms with Crippen molar-refractivity contribution in [1.82, 2.24) is 14.8 Å². The Morgan fingerprint density at radius 3 is 2.86 bits per heavy atom. The third kappa shape index (κ3) is 1.44. The lowest BCUT2D eigenvalue weighted by atomic mass is 10.1.